The summed E-state index contributed by atoms with van der Waals surface area (Å²) in [7, 11) is 1.83. The largest absolute Gasteiger partial charge is 0.496 e. The van der Waals surface area contributed by atoms with Gasteiger partial charge in [0.05, 0.1) is 7.11 Å². The predicted molar refractivity (Wildman–Crippen MR) is 85.3 cm³/mol. The minimum absolute atomic E-state index is 0.411. The molecule has 108 valence electrons. The van der Waals surface area contributed by atoms with Gasteiger partial charge in [-0.15, -0.1) is 0 Å². The Morgan fingerprint density at radius 2 is 1.60 bits per heavy atom. The van der Waals surface area contributed by atoms with E-state index in [-0.39, 0.29) is 0 Å². The molecular formula is C18H23BrO. The molecule has 0 N–H and O–H groups in total. The van der Waals surface area contributed by atoms with Crippen LogP contribution >= 0.6 is 15.9 Å². The van der Waals surface area contributed by atoms with E-state index >= 15 is 0 Å². The van der Waals surface area contributed by atoms with E-state index in [9.17, 15) is 0 Å². The van der Waals surface area contributed by atoms with E-state index in [1.54, 1.807) is 0 Å². The second-order valence-electron chi connectivity index (χ2n) is 7.45. The molecule has 20 heavy (non-hydrogen) atoms. The van der Waals surface area contributed by atoms with Crippen molar-refractivity contribution in [3.63, 3.8) is 0 Å². The van der Waals surface area contributed by atoms with Crippen LogP contribution in [0.3, 0.4) is 0 Å². The average molecular weight is 335 g/mol. The summed E-state index contributed by atoms with van der Waals surface area (Å²) in [5.74, 6) is 4.05. The Labute approximate surface area is 130 Å². The molecule has 0 saturated heterocycles. The van der Waals surface area contributed by atoms with Gasteiger partial charge in [0, 0.05) is 15.5 Å². The van der Waals surface area contributed by atoms with E-state index in [0.29, 0.717) is 5.41 Å². The molecule has 0 heterocycles. The summed E-state index contributed by atoms with van der Waals surface area (Å²) in [6.45, 7) is 2.26. The first-order valence-electron chi connectivity index (χ1n) is 7.95. The molecule has 1 nitrogen and oxygen atoms in total. The Balaban J connectivity index is 1.86. The summed E-state index contributed by atoms with van der Waals surface area (Å²) in [5, 5.41) is 0. The van der Waals surface area contributed by atoms with Gasteiger partial charge in [-0.25, -0.2) is 0 Å². The summed E-state index contributed by atoms with van der Waals surface area (Å²) in [6.07, 6.45) is 8.67. The number of ether oxygens (including phenoxy) is 1. The molecule has 1 aromatic rings. The molecule has 4 aliphatic carbocycles. The van der Waals surface area contributed by atoms with Crippen molar-refractivity contribution in [2.24, 2.45) is 17.8 Å². The number of halogens is 1. The first kappa shape index (κ1) is 13.2. The lowest BCUT2D eigenvalue weighted by atomic mass is 9.47. The van der Waals surface area contributed by atoms with Gasteiger partial charge in [-0.05, 0) is 80.9 Å². The van der Waals surface area contributed by atoms with Crippen molar-refractivity contribution in [1.29, 1.82) is 0 Å². The molecule has 0 amide bonds. The van der Waals surface area contributed by atoms with Gasteiger partial charge < -0.3 is 4.74 Å². The van der Waals surface area contributed by atoms with Crippen molar-refractivity contribution in [1.82, 2.24) is 0 Å². The summed E-state index contributed by atoms with van der Waals surface area (Å²) >= 11 is 3.73. The zero-order valence-corrected chi connectivity index (χ0v) is 14.0. The molecule has 0 atom stereocenters. The summed E-state index contributed by atoms with van der Waals surface area (Å²) in [5.41, 5.74) is 3.34. The molecule has 4 aliphatic rings. The molecule has 0 radical (unpaired) electrons. The van der Waals surface area contributed by atoms with Crippen LogP contribution in [-0.4, -0.2) is 7.11 Å². The van der Waals surface area contributed by atoms with E-state index in [2.05, 4.69) is 35.0 Å². The van der Waals surface area contributed by atoms with Crippen molar-refractivity contribution >= 4 is 15.9 Å². The molecule has 0 aliphatic heterocycles. The Morgan fingerprint density at radius 1 is 1.05 bits per heavy atom. The smallest absolute Gasteiger partial charge is 0.122 e. The van der Waals surface area contributed by atoms with Gasteiger partial charge in [-0.2, -0.15) is 0 Å². The van der Waals surface area contributed by atoms with Crippen molar-refractivity contribution in [2.45, 2.75) is 50.9 Å². The van der Waals surface area contributed by atoms with Gasteiger partial charge in [0.25, 0.3) is 0 Å². The van der Waals surface area contributed by atoms with Crippen LogP contribution in [-0.2, 0) is 5.41 Å². The molecule has 5 rings (SSSR count). The molecule has 1 aromatic carbocycles. The van der Waals surface area contributed by atoms with Crippen LogP contribution in [0, 0.1) is 24.7 Å². The number of hydrogen-bond acceptors (Lipinski definition) is 1. The van der Waals surface area contributed by atoms with Gasteiger partial charge in [-0.1, -0.05) is 15.9 Å². The van der Waals surface area contributed by atoms with Gasteiger partial charge in [0.1, 0.15) is 5.75 Å². The number of rotatable bonds is 2. The highest BCUT2D eigenvalue weighted by atomic mass is 79.9. The number of methoxy groups -OCH3 is 1. The second-order valence-corrected chi connectivity index (χ2v) is 8.30. The van der Waals surface area contributed by atoms with Gasteiger partial charge in [-0.3, -0.25) is 0 Å². The van der Waals surface area contributed by atoms with Gasteiger partial charge >= 0.3 is 0 Å². The highest BCUT2D eigenvalue weighted by Crippen LogP contribution is 2.62. The first-order chi connectivity index (χ1) is 9.61. The molecule has 0 aromatic heterocycles. The quantitative estimate of drug-likeness (QED) is 0.719. The molecule has 0 spiro atoms. The molecule has 4 saturated carbocycles. The molecule has 0 unspecified atom stereocenters. The van der Waals surface area contributed by atoms with Crippen LogP contribution < -0.4 is 4.74 Å². The van der Waals surface area contributed by atoms with E-state index in [0.717, 1.165) is 23.5 Å². The van der Waals surface area contributed by atoms with Gasteiger partial charge in [0.15, 0.2) is 0 Å². The fraction of sp³-hybridized carbons (Fsp3) is 0.667. The Bertz CT molecular complexity index is 513. The Hall–Kier alpha value is -0.500. The Morgan fingerprint density at radius 3 is 2.10 bits per heavy atom. The van der Waals surface area contributed by atoms with E-state index in [1.807, 2.05) is 7.11 Å². The minimum Gasteiger partial charge on any atom is -0.496 e. The van der Waals surface area contributed by atoms with Crippen LogP contribution in [0.15, 0.2) is 16.6 Å². The third-order valence-corrected chi connectivity index (χ3v) is 7.01. The topological polar surface area (TPSA) is 9.23 Å². The van der Waals surface area contributed by atoms with Crippen LogP contribution in [0.5, 0.6) is 5.75 Å². The highest BCUT2D eigenvalue weighted by molar-refractivity contribution is 9.10. The van der Waals surface area contributed by atoms with E-state index in [1.165, 1.54) is 54.1 Å². The molecular weight excluding hydrogens is 312 g/mol. The Kier molecular flexibility index (Phi) is 2.96. The second kappa shape index (κ2) is 4.50. The fourth-order valence-electron chi connectivity index (χ4n) is 5.91. The van der Waals surface area contributed by atoms with Crippen molar-refractivity contribution in [3.05, 3.63) is 27.7 Å². The highest BCUT2D eigenvalue weighted by Gasteiger charge is 2.53. The maximum Gasteiger partial charge on any atom is 0.122 e. The number of benzene rings is 1. The van der Waals surface area contributed by atoms with Crippen LogP contribution in [0.2, 0.25) is 0 Å². The standard InChI is InChI=1S/C18H23BrO/c1-11-15(19)3-4-16(20-2)17(11)18-8-12-5-13(9-18)7-14(6-12)10-18/h3-4,12-14H,5-10H2,1-2H3. The minimum atomic E-state index is 0.411. The molecule has 2 heteroatoms. The summed E-state index contributed by atoms with van der Waals surface area (Å²) in [6, 6.07) is 4.29. The normalized spacial score (nSPS) is 38.2. The van der Waals surface area contributed by atoms with Crippen LogP contribution in [0.4, 0.5) is 0 Å². The lowest BCUT2D eigenvalue weighted by molar-refractivity contribution is -0.00647. The van der Waals surface area contributed by atoms with Crippen LogP contribution in [0.1, 0.15) is 49.7 Å². The van der Waals surface area contributed by atoms with Crippen molar-refractivity contribution < 1.29 is 4.74 Å². The van der Waals surface area contributed by atoms with Gasteiger partial charge in [0.2, 0.25) is 0 Å². The third kappa shape index (κ3) is 1.80. The summed E-state index contributed by atoms with van der Waals surface area (Å²) < 4.78 is 6.99. The summed E-state index contributed by atoms with van der Waals surface area (Å²) in [4.78, 5) is 0. The van der Waals surface area contributed by atoms with Crippen LogP contribution in [0.25, 0.3) is 0 Å². The third-order valence-electron chi connectivity index (χ3n) is 6.15. The SMILES string of the molecule is COc1ccc(Br)c(C)c1C12CC3CC(CC(C3)C1)C2. The molecule has 4 fully saturated rings. The lowest BCUT2D eigenvalue weighted by Crippen LogP contribution is -2.49. The fourth-order valence-corrected chi connectivity index (χ4v) is 6.24. The lowest BCUT2D eigenvalue weighted by Gasteiger charge is -2.57. The van der Waals surface area contributed by atoms with Crippen molar-refractivity contribution in [3.8, 4) is 5.75 Å². The maximum atomic E-state index is 5.75. The zero-order chi connectivity index (χ0) is 13.9. The monoisotopic (exact) mass is 334 g/mol. The van der Waals surface area contributed by atoms with Crippen molar-refractivity contribution in [2.75, 3.05) is 7.11 Å². The van der Waals surface area contributed by atoms with E-state index < -0.39 is 0 Å². The number of hydrogen-bond donors (Lipinski definition) is 0. The zero-order valence-electron chi connectivity index (χ0n) is 12.4. The average Bonchev–Trinajstić information content (AvgIpc) is 2.39. The predicted octanol–water partition coefficient (Wildman–Crippen LogP) is 5.23. The van der Waals surface area contributed by atoms with E-state index in [4.69, 9.17) is 4.74 Å². The molecule has 4 bridgehead atoms. The maximum absolute atomic E-state index is 5.75. The first-order valence-corrected chi connectivity index (χ1v) is 8.74.